The van der Waals surface area contributed by atoms with Crippen molar-refractivity contribution in [2.24, 2.45) is 0 Å². The summed E-state index contributed by atoms with van der Waals surface area (Å²) in [6, 6.07) is 14.5. The molecule has 0 spiro atoms. The topological polar surface area (TPSA) is 114 Å². The van der Waals surface area contributed by atoms with Crippen molar-refractivity contribution in [3.05, 3.63) is 54.1 Å². The largest absolute Gasteiger partial charge is 0.478 e. The molecule has 2 aromatic rings. The third-order valence-corrected chi connectivity index (χ3v) is 6.18. The summed E-state index contributed by atoms with van der Waals surface area (Å²) in [7, 11) is -3.86. The van der Waals surface area contributed by atoms with Crippen LogP contribution in [-0.4, -0.2) is 57.1 Å². The van der Waals surface area contributed by atoms with Crippen LogP contribution in [0, 0.1) is 11.3 Å². The van der Waals surface area contributed by atoms with Crippen molar-refractivity contribution in [2.45, 2.75) is 11.3 Å². The normalized spacial score (nSPS) is 14.9. The second-order valence-electron chi connectivity index (χ2n) is 6.69. The van der Waals surface area contributed by atoms with Crippen LogP contribution in [0.5, 0.6) is 0 Å². The summed E-state index contributed by atoms with van der Waals surface area (Å²) >= 11 is 0. The molecule has 0 radical (unpaired) electrons. The number of carbonyl (C=O) groups is 1. The van der Waals surface area contributed by atoms with Gasteiger partial charge in [-0.2, -0.15) is 5.26 Å². The Morgan fingerprint density at radius 2 is 1.79 bits per heavy atom. The van der Waals surface area contributed by atoms with Crippen LogP contribution in [0.25, 0.3) is 0 Å². The Kier molecular flexibility index (Phi) is 6.36. The van der Waals surface area contributed by atoms with Gasteiger partial charge in [0.05, 0.1) is 27.9 Å². The Morgan fingerprint density at radius 3 is 2.41 bits per heavy atom. The highest BCUT2D eigenvalue weighted by molar-refractivity contribution is 7.92. The van der Waals surface area contributed by atoms with Crippen molar-refractivity contribution in [3.63, 3.8) is 0 Å². The zero-order valence-electron chi connectivity index (χ0n) is 15.8. The van der Waals surface area contributed by atoms with E-state index in [2.05, 4.69) is 15.7 Å². The summed E-state index contributed by atoms with van der Waals surface area (Å²) in [6.07, 6.45) is 0.468. The average molecular weight is 414 g/mol. The van der Waals surface area contributed by atoms with E-state index in [1.807, 2.05) is 4.90 Å². The minimum Gasteiger partial charge on any atom is -0.478 e. The Bertz CT molecular complexity index is 1010. The van der Waals surface area contributed by atoms with Gasteiger partial charge in [0.1, 0.15) is 0 Å². The number of hydrogen-bond acceptors (Lipinski definition) is 6. The van der Waals surface area contributed by atoms with Crippen molar-refractivity contribution in [1.82, 2.24) is 4.90 Å². The number of nitrogens with one attached hydrogen (secondary N) is 1. The van der Waals surface area contributed by atoms with Crippen LogP contribution in [0.4, 0.5) is 11.4 Å². The molecule has 9 heteroatoms. The number of aromatic carboxylic acids is 1. The van der Waals surface area contributed by atoms with Gasteiger partial charge in [-0.3, -0.25) is 9.62 Å². The lowest BCUT2D eigenvalue weighted by atomic mass is 10.1. The molecular formula is C20H22N4O4S. The Morgan fingerprint density at radius 1 is 1.10 bits per heavy atom. The zero-order valence-corrected chi connectivity index (χ0v) is 16.6. The van der Waals surface area contributed by atoms with E-state index in [0.717, 1.165) is 13.1 Å². The highest BCUT2D eigenvalue weighted by Crippen LogP contribution is 2.30. The van der Waals surface area contributed by atoms with E-state index in [1.165, 1.54) is 24.3 Å². The van der Waals surface area contributed by atoms with E-state index in [1.54, 1.807) is 24.3 Å². The van der Waals surface area contributed by atoms with E-state index >= 15 is 0 Å². The van der Waals surface area contributed by atoms with Gasteiger partial charge in [0.25, 0.3) is 10.0 Å². The van der Waals surface area contributed by atoms with Gasteiger partial charge in [0.2, 0.25) is 0 Å². The number of sulfonamides is 1. The van der Waals surface area contributed by atoms with Crippen LogP contribution in [-0.2, 0) is 10.0 Å². The maximum absolute atomic E-state index is 12.8. The monoisotopic (exact) mass is 414 g/mol. The number of piperazine rings is 1. The molecule has 1 saturated heterocycles. The SMILES string of the molecule is N#CCCN1CCN(c2ccc(C(=O)O)cc2NS(=O)(=O)c2ccccc2)CC1. The number of carboxylic acid groups (broad SMARTS) is 1. The molecule has 0 atom stereocenters. The van der Waals surface area contributed by atoms with E-state index in [0.29, 0.717) is 31.7 Å². The molecule has 1 heterocycles. The smallest absolute Gasteiger partial charge is 0.335 e. The first-order valence-electron chi connectivity index (χ1n) is 9.20. The number of anilines is 2. The van der Waals surface area contributed by atoms with Crippen LogP contribution in [0.2, 0.25) is 0 Å². The van der Waals surface area contributed by atoms with Crippen molar-refractivity contribution in [2.75, 3.05) is 42.3 Å². The molecule has 0 unspecified atom stereocenters. The van der Waals surface area contributed by atoms with Gasteiger partial charge >= 0.3 is 5.97 Å². The lowest BCUT2D eigenvalue weighted by Gasteiger charge is -2.36. The minimum absolute atomic E-state index is 0.00664. The Balaban J connectivity index is 1.87. The van der Waals surface area contributed by atoms with E-state index < -0.39 is 16.0 Å². The van der Waals surface area contributed by atoms with E-state index in [-0.39, 0.29) is 16.1 Å². The molecule has 0 saturated carbocycles. The van der Waals surface area contributed by atoms with Gasteiger partial charge in [-0.25, -0.2) is 13.2 Å². The predicted molar refractivity (Wildman–Crippen MR) is 110 cm³/mol. The molecule has 2 N–H and O–H groups in total. The molecule has 1 aliphatic rings. The quantitative estimate of drug-likeness (QED) is 0.714. The molecule has 8 nitrogen and oxygen atoms in total. The van der Waals surface area contributed by atoms with Gasteiger partial charge in [0.15, 0.2) is 0 Å². The molecule has 0 aromatic heterocycles. The molecule has 0 amide bonds. The van der Waals surface area contributed by atoms with Gasteiger partial charge in [-0.05, 0) is 30.3 Å². The molecular weight excluding hydrogens is 392 g/mol. The van der Waals surface area contributed by atoms with Gasteiger partial charge in [-0.1, -0.05) is 18.2 Å². The Labute approximate surface area is 170 Å². The molecule has 152 valence electrons. The minimum atomic E-state index is -3.86. The van der Waals surface area contributed by atoms with Crippen molar-refractivity contribution < 1.29 is 18.3 Å². The van der Waals surface area contributed by atoms with Crippen LogP contribution in [0.15, 0.2) is 53.4 Å². The number of benzene rings is 2. The van der Waals surface area contributed by atoms with Crippen molar-refractivity contribution in [3.8, 4) is 6.07 Å². The standard InChI is InChI=1S/C20H22N4O4S/c21-9-4-10-23-11-13-24(14-12-23)19-8-7-16(20(25)26)15-18(19)22-29(27,28)17-5-2-1-3-6-17/h1-3,5-8,15,22H,4,10-14H2,(H,25,26). The predicted octanol–water partition coefficient (Wildman–Crippen LogP) is 2.22. The Hall–Kier alpha value is -3.09. The fourth-order valence-corrected chi connectivity index (χ4v) is 4.34. The lowest BCUT2D eigenvalue weighted by molar-refractivity contribution is 0.0697. The highest BCUT2D eigenvalue weighted by atomic mass is 32.2. The highest BCUT2D eigenvalue weighted by Gasteiger charge is 2.23. The first-order chi connectivity index (χ1) is 13.9. The zero-order chi connectivity index (χ0) is 20.9. The van der Waals surface area contributed by atoms with Crippen LogP contribution in [0.1, 0.15) is 16.8 Å². The van der Waals surface area contributed by atoms with Gasteiger partial charge < -0.3 is 10.0 Å². The fraction of sp³-hybridized carbons (Fsp3) is 0.300. The summed E-state index contributed by atoms with van der Waals surface area (Å²) in [5.74, 6) is -1.13. The van der Waals surface area contributed by atoms with Crippen LogP contribution < -0.4 is 9.62 Å². The lowest BCUT2D eigenvalue weighted by Crippen LogP contribution is -2.46. The van der Waals surface area contributed by atoms with Crippen LogP contribution in [0.3, 0.4) is 0 Å². The molecule has 29 heavy (non-hydrogen) atoms. The third kappa shape index (κ3) is 5.04. The number of hydrogen-bond donors (Lipinski definition) is 2. The summed E-state index contributed by atoms with van der Waals surface area (Å²) in [4.78, 5) is 15.7. The summed E-state index contributed by atoms with van der Waals surface area (Å²) in [5, 5.41) is 18.1. The molecule has 3 rings (SSSR count). The first kappa shape index (κ1) is 20.6. The number of nitrogens with zero attached hydrogens (tertiary/aromatic N) is 3. The van der Waals surface area contributed by atoms with E-state index in [4.69, 9.17) is 5.26 Å². The maximum atomic E-state index is 12.8. The number of carboxylic acids is 1. The summed E-state index contributed by atoms with van der Waals surface area (Å²) < 4.78 is 28.1. The molecule has 1 fully saturated rings. The number of nitriles is 1. The number of rotatable bonds is 7. The third-order valence-electron chi connectivity index (χ3n) is 4.79. The van der Waals surface area contributed by atoms with Gasteiger partial charge in [0, 0.05) is 39.1 Å². The summed E-state index contributed by atoms with van der Waals surface area (Å²) in [5.41, 5.74) is 0.876. The second-order valence-corrected chi connectivity index (χ2v) is 8.37. The maximum Gasteiger partial charge on any atom is 0.335 e. The molecule has 1 aliphatic heterocycles. The van der Waals surface area contributed by atoms with E-state index in [9.17, 15) is 18.3 Å². The van der Waals surface area contributed by atoms with Crippen molar-refractivity contribution in [1.29, 1.82) is 5.26 Å². The average Bonchev–Trinajstić information content (AvgIpc) is 2.73. The van der Waals surface area contributed by atoms with Gasteiger partial charge in [-0.15, -0.1) is 0 Å². The second kappa shape index (κ2) is 8.94. The molecule has 0 aliphatic carbocycles. The fourth-order valence-electron chi connectivity index (χ4n) is 3.25. The molecule has 2 aromatic carbocycles. The summed E-state index contributed by atoms with van der Waals surface area (Å²) in [6.45, 7) is 3.49. The first-order valence-corrected chi connectivity index (χ1v) is 10.7. The van der Waals surface area contributed by atoms with Crippen molar-refractivity contribution >= 4 is 27.4 Å². The van der Waals surface area contributed by atoms with Crippen LogP contribution >= 0.6 is 0 Å². The molecule has 0 bridgehead atoms.